The Morgan fingerprint density at radius 2 is 2.47 bits per heavy atom. The van der Waals surface area contributed by atoms with E-state index in [0.717, 1.165) is 23.0 Å². The first-order valence-corrected chi connectivity index (χ1v) is 6.41. The molecule has 0 amide bonds. The SMILES string of the molecule is Nc1cccnc1SCC1CCCCN1. The first kappa shape index (κ1) is 10.8. The first-order valence-electron chi connectivity index (χ1n) is 5.43. The fraction of sp³-hybridized carbons (Fsp3) is 0.545. The van der Waals surface area contributed by atoms with Gasteiger partial charge in [0.1, 0.15) is 5.03 Å². The van der Waals surface area contributed by atoms with E-state index in [-0.39, 0.29) is 0 Å². The summed E-state index contributed by atoms with van der Waals surface area (Å²) in [4.78, 5) is 4.27. The minimum Gasteiger partial charge on any atom is -0.397 e. The summed E-state index contributed by atoms with van der Waals surface area (Å²) < 4.78 is 0. The predicted octanol–water partition coefficient (Wildman–Crippen LogP) is 1.90. The van der Waals surface area contributed by atoms with Gasteiger partial charge in [0, 0.05) is 18.0 Å². The van der Waals surface area contributed by atoms with Gasteiger partial charge < -0.3 is 11.1 Å². The number of anilines is 1. The molecule has 4 heteroatoms. The third-order valence-electron chi connectivity index (χ3n) is 2.63. The average molecular weight is 223 g/mol. The summed E-state index contributed by atoms with van der Waals surface area (Å²) in [6, 6.07) is 4.41. The van der Waals surface area contributed by atoms with E-state index in [1.54, 1.807) is 18.0 Å². The minimum absolute atomic E-state index is 0.630. The molecule has 1 saturated heterocycles. The summed E-state index contributed by atoms with van der Waals surface area (Å²) in [5.41, 5.74) is 6.62. The highest BCUT2D eigenvalue weighted by atomic mass is 32.2. The lowest BCUT2D eigenvalue weighted by atomic mass is 10.1. The van der Waals surface area contributed by atoms with Gasteiger partial charge >= 0.3 is 0 Å². The van der Waals surface area contributed by atoms with Crippen LogP contribution in [0, 0.1) is 0 Å². The number of piperidine rings is 1. The predicted molar refractivity (Wildman–Crippen MR) is 65.0 cm³/mol. The number of aromatic nitrogens is 1. The smallest absolute Gasteiger partial charge is 0.119 e. The Morgan fingerprint density at radius 1 is 1.53 bits per heavy atom. The molecule has 3 N–H and O–H groups in total. The largest absolute Gasteiger partial charge is 0.397 e. The van der Waals surface area contributed by atoms with E-state index in [1.807, 2.05) is 12.1 Å². The van der Waals surface area contributed by atoms with Crippen LogP contribution in [0.3, 0.4) is 0 Å². The van der Waals surface area contributed by atoms with Crippen LogP contribution in [0.5, 0.6) is 0 Å². The van der Waals surface area contributed by atoms with Gasteiger partial charge in [-0.3, -0.25) is 0 Å². The quantitative estimate of drug-likeness (QED) is 0.768. The molecular weight excluding hydrogens is 206 g/mol. The summed E-state index contributed by atoms with van der Waals surface area (Å²) in [6.45, 7) is 1.16. The van der Waals surface area contributed by atoms with Gasteiger partial charge in [-0.05, 0) is 31.5 Å². The third-order valence-corrected chi connectivity index (χ3v) is 3.82. The van der Waals surface area contributed by atoms with E-state index in [2.05, 4.69) is 10.3 Å². The highest BCUT2D eigenvalue weighted by molar-refractivity contribution is 7.99. The van der Waals surface area contributed by atoms with Crippen molar-refractivity contribution in [1.82, 2.24) is 10.3 Å². The maximum absolute atomic E-state index is 5.83. The van der Waals surface area contributed by atoms with Crippen molar-refractivity contribution in [1.29, 1.82) is 0 Å². The van der Waals surface area contributed by atoms with E-state index in [0.29, 0.717) is 6.04 Å². The Labute approximate surface area is 94.8 Å². The van der Waals surface area contributed by atoms with Crippen molar-refractivity contribution in [2.45, 2.75) is 30.3 Å². The Hall–Kier alpha value is -0.740. The number of hydrogen-bond donors (Lipinski definition) is 2. The Balaban J connectivity index is 1.84. The first-order chi connectivity index (χ1) is 7.36. The lowest BCUT2D eigenvalue weighted by Crippen LogP contribution is -2.35. The van der Waals surface area contributed by atoms with Crippen LogP contribution in [-0.2, 0) is 0 Å². The minimum atomic E-state index is 0.630. The van der Waals surface area contributed by atoms with Gasteiger partial charge in [0.2, 0.25) is 0 Å². The van der Waals surface area contributed by atoms with Gasteiger partial charge in [-0.15, -0.1) is 11.8 Å². The number of nitrogens with zero attached hydrogens (tertiary/aromatic N) is 1. The second-order valence-corrected chi connectivity index (χ2v) is 4.86. The van der Waals surface area contributed by atoms with E-state index in [1.165, 1.54) is 19.3 Å². The molecule has 0 aliphatic carbocycles. The van der Waals surface area contributed by atoms with Gasteiger partial charge in [-0.2, -0.15) is 0 Å². The average Bonchev–Trinajstić information content (AvgIpc) is 2.29. The van der Waals surface area contributed by atoms with Crippen LogP contribution in [0.4, 0.5) is 5.69 Å². The molecule has 1 atom stereocenters. The summed E-state index contributed by atoms with van der Waals surface area (Å²) in [6.07, 6.45) is 5.73. The maximum Gasteiger partial charge on any atom is 0.119 e. The van der Waals surface area contributed by atoms with Crippen molar-refractivity contribution >= 4 is 17.4 Å². The van der Waals surface area contributed by atoms with Crippen LogP contribution in [-0.4, -0.2) is 23.3 Å². The standard InChI is InChI=1S/C11H17N3S/c12-10-5-3-7-14-11(10)15-8-9-4-1-2-6-13-9/h3,5,7,9,13H,1-2,4,6,8,12H2. The monoisotopic (exact) mass is 223 g/mol. The molecule has 1 unspecified atom stereocenters. The van der Waals surface area contributed by atoms with Crippen LogP contribution in [0.25, 0.3) is 0 Å². The second-order valence-electron chi connectivity index (χ2n) is 3.86. The molecule has 0 radical (unpaired) electrons. The number of hydrogen-bond acceptors (Lipinski definition) is 4. The molecular formula is C11H17N3S. The highest BCUT2D eigenvalue weighted by Crippen LogP contribution is 2.23. The second kappa shape index (κ2) is 5.37. The Kier molecular flexibility index (Phi) is 3.86. The number of thioether (sulfide) groups is 1. The molecule has 82 valence electrons. The number of pyridine rings is 1. The fourth-order valence-corrected chi connectivity index (χ4v) is 2.78. The number of nitrogens with one attached hydrogen (secondary N) is 1. The molecule has 1 aromatic heterocycles. The van der Waals surface area contributed by atoms with Gasteiger partial charge in [0.15, 0.2) is 0 Å². The molecule has 1 aromatic rings. The van der Waals surface area contributed by atoms with Crippen molar-refractivity contribution < 1.29 is 0 Å². The van der Waals surface area contributed by atoms with Crippen molar-refractivity contribution in [3.05, 3.63) is 18.3 Å². The molecule has 1 aliphatic heterocycles. The van der Waals surface area contributed by atoms with E-state index in [4.69, 9.17) is 5.73 Å². The molecule has 2 rings (SSSR count). The van der Waals surface area contributed by atoms with Crippen molar-refractivity contribution in [3.63, 3.8) is 0 Å². The van der Waals surface area contributed by atoms with Crippen molar-refractivity contribution in [2.24, 2.45) is 0 Å². The van der Waals surface area contributed by atoms with E-state index >= 15 is 0 Å². The van der Waals surface area contributed by atoms with Crippen LogP contribution in [0.15, 0.2) is 23.4 Å². The molecule has 2 heterocycles. The fourth-order valence-electron chi connectivity index (χ4n) is 1.77. The van der Waals surface area contributed by atoms with Crippen LogP contribution in [0.2, 0.25) is 0 Å². The summed E-state index contributed by atoms with van der Waals surface area (Å²) in [5.74, 6) is 1.07. The third kappa shape index (κ3) is 3.11. The lowest BCUT2D eigenvalue weighted by molar-refractivity contribution is 0.430. The van der Waals surface area contributed by atoms with Crippen molar-refractivity contribution in [2.75, 3.05) is 18.0 Å². The van der Waals surface area contributed by atoms with Gasteiger partial charge in [0.05, 0.1) is 5.69 Å². The summed E-state index contributed by atoms with van der Waals surface area (Å²) >= 11 is 1.75. The van der Waals surface area contributed by atoms with Gasteiger partial charge in [0.25, 0.3) is 0 Å². The molecule has 3 nitrogen and oxygen atoms in total. The number of nitrogen functional groups attached to an aromatic ring is 1. The van der Waals surface area contributed by atoms with Gasteiger partial charge in [-0.25, -0.2) is 4.98 Å². The van der Waals surface area contributed by atoms with Gasteiger partial charge in [-0.1, -0.05) is 6.42 Å². The zero-order valence-corrected chi connectivity index (χ0v) is 9.59. The number of rotatable bonds is 3. The molecule has 0 bridgehead atoms. The van der Waals surface area contributed by atoms with Crippen LogP contribution in [0.1, 0.15) is 19.3 Å². The zero-order valence-electron chi connectivity index (χ0n) is 8.78. The molecule has 1 aliphatic rings. The van der Waals surface area contributed by atoms with Crippen LogP contribution < -0.4 is 11.1 Å². The summed E-state index contributed by atoms with van der Waals surface area (Å²) in [7, 11) is 0. The molecule has 15 heavy (non-hydrogen) atoms. The number of nitrogens with two attached hydrogens (primary N) is 1. The Morgan fingerprint density at radius 3 is 3.20 bits per heavy atom. The maximum atomic E-state index is 5.83. The van der Waals surface area contributed by atoms with Crippen LogP contribution >= 0.6 is 11.8 Å². The Bertz CT molecular complexity index is 310. The molecule has 1 fully saturated rings. The van der Waals surface area contributed by atoms with Crippen molar-refractivity contribution in [3.8, 4) is 0 Å². The van der Waals surface area contributed by atoms with E-state index in [9.17, 15) is 0 Å². The topological polar surface area (TPSA) is 50.9 Å². The molecule has 0 saturated carbocycles. The van der Waals surface area contributed by atoms with E-state index < -0.39 is 0 Å². The highest BCUT2D eigenvalue weighted by Gasteiger charge is 2.13. The zero-order chi connectivity index (χ0) is 10.5. The molecule has 0 spiro atoms. The normalized spacial score (nSPS) is 21.5. The molecule has 0 aromatic carbocycles. The lowest BCUT2D eigenvalue weighted by Gasteiger charge is -2.22. The summed E-state index contributed by atoms with van der Waals surface area (Å²) in [5, 5.41) is 4.48.